The molecular weight excluding hydrogens is 230 g/mol. The lowest BCUT2D eigenvalue weighted by molar-refractivity contribution is -0.211. The Morgan fingerprint density at radius 3 is 2.40 bits per heavy atom. The Morgan fingerprint density at radius 2 is 2.00 bits per heavy atom. The van der Waals surface area contributed by atoms with E-state index in [0.717, 1.165) is 0 Å². The molecule has 1 rings (SSSR count). The summed E-state index contributed by atoms with van der Waals surface area (Å²) >= 11 is 0. The van der Waals surface area contributed by atoms with Gasteiger partial charge in [-0.3, -0.25) is 4.55 Å². The highest BCUT2D eigenvalue weighted by atomic mass is 32.2. The van der Waals surface area contributed by atoms with E-state index in [-0.39, 0.29) is 6.42 Å². The molecule has 0 amide bonds. The smallest absolute Gasteiger partial charge is 0.333 e. The van der Waals surface area contributed by atoms with Gasteiger partial charge in [-0.05, 0) is 0 Å². The van der Waals surface area contributed by atoms with Crippen LogP contribution in [0.5, 0.6) is 0 Å². The molecule has 1 aliphatic rings. The zero-order valence-corrected chi connectivity index (χ0v) is 8.46. The van der Waals surface area contributed by atoms with E-state index in [2.05, 4.69) is 0 Å². The molecule has 0 aromatic carbocycles. The third-order valence-corrected chi connectivity index (χ3v) is 2.62. The molecule has 1 fully saturated rings. The Morgan fingerprint density at radius 1 is 1.40 bits per heavy atom. The molecule has 0 saturated carbocycles. The second-order valence-corrected chi connectivity index (χ2v) is 4.44. The Labute approximate surface area is 86.4 Å². The summed E-state index contributed by atoms with van der Waals surface area (Å²) in [5.74, 6) is 0. The average Bonchev–Trinajstić information content (AvgIpc) is 2.09. The van der Waals surface area contributed by atoms with Crippen LogP contribution in [0.2, 0.25) is 0 Å². The Bertz CT molecular complexity index is 293. The van der Waals surface area contributed by atoms with Gasteiger partial charge in [-0.2, -0.15) is 13.1 Å². The van der Waals surface area contributed by atoms with Crippen LogP contribution in [0, 0.1) is 0 Å². The normalized spacial score (nSPS) is 37.9. The van der Waals surface area contributed by atoms with Gasteiger partial charge in [0, 0.05) is 6.42 Å². The van der Waals surface area contributed by atoms with Gasteiger partial charge in [0.05, 0.1) is 18.8 Å². The van der Waals surface area contributed by atoms with Crippen molar-refractivity contribution in [2.24, 2.45) is 0 Å². The molecule has 4 atom stereocenters. The predicted octanol–water partition coefficient (Wildman–Crippen LogP) is -2.79. The van der Waals surface area contributed by atoms with Crippen molar-refractivity contribution in [1.82, 2.24) is 4.72 Å². The monoisotopic (exact) mass is 243 g/mol. The molecule has 5 N–H and O–H groups in total. The van der Waals surface area contributed by atoms with Crippen molar-refractivity contribution in [3.8, 4) is 0 Å². The topological polar surface area (TPSA) is 136 Å². The number of rotatable bonds is 3. The van der Waals surface area contributed by atoms with Gasteiger partial charge in [0.15, 0.2) is 6.29 Å². The minimum Gasteiger partial charge on any atom is -0.394 e. The van der Waals surface area contributed by atoms with Crippen LogP contribution >= 0.6 is 0 Å². The van der Waals surface area contributed by atoms with E-state index in [4.69, 9.17) is 14.4 Å². The van der Waals surface area contributed by atoms with Gasteiger partial charge >= 0.3 is 10.3 Å². The van der Waals surface area contributed by atoms with Crippen molar-refractivity contribution in [1.29, 1.82) is 0 Å². The molecule has 0 aliphatic carbocycles. The highest BCUT2D eigenvalue weighted by molar-refractivity contribution is 7.83. The van der Waals surface area contributed by atoms with E-state index >= 15 is 0 Å². The summed E-state index contributed by atoms with van der Waals surface area (Å²) in [4.78, 5) is 0. The van der Waals surface area contributed by atoms with Crippen molar-refractivity contribution in [2.45, 2.75) is 31.0 Å². The SMILES string of the molecule is O=S(=O)(O)NC1C(O)OC(CO)C[C@H]1O. The Balaban J connectivity index is 2.66. The van der Waals surface area contributed by atoms with Crippen LogP contribution in [0.15, 0.2) is 0 Å². The highest BCUT2D eigenvalue weighted by Gasteiger charge is 2.38. The van der Waals surface area contributed by atoms with Gasteiger partial charge in [0.1, 0.15) is 6.04 Å². The lowest BCUT2D eigenvalue weighted by Gasteiger charge is -2.35. The standard InChI is InChI=1S/C6H13NO7S/c8-2-3-1-4(9)5(6(10)14-3)7-15(11,12)13/h3-10H,1-2H2,(H,11,12,13)/t3?,4-,5?,6?/m1/s1. The zero-order valence-electron chi connectivity index (χ0n) is 7.65. The summed E-state index contributed by atoms with van der Waals surface area (Å²) in [6.07, 6.45) is -3.66. The summed E-state index contributed by atoms with van der Waals surface area (Å²) in [6, 6.07) is -1.34. The van der Waals surface area contributed by atoms with Gasteiger partial charge < -0.3 is 20.1 Å². The van der Waals surface area contributed by atoms with Crippen LogP contribution in [0.1, 0.15) is 6.42 Å². The lowest BCUT2D eigenvalue weighted by atomic mass is 10.0. The molecule has 15 heavy (non-hydrogen) atoms. The molecule has 0 bridgehead atoms. The number of nitrogens with one attached hydrogen (secondary N) is 1. The van der Waals surface area contributed by atoms with Crippen molar-refractivity contribution in [3.63, 3.8) is 0 Å². The predicted molar refractivity (Wildman–Crippen MR) is 47.1 cm³/mol. The molecule has 0 radical (unpaired) electrons. The third kappa shape index (κ3) is 3.65. The molecule has 9 heteroatoms. The highest BCUT2D eigenvalue weighted by Crippen LogP contribution is 2.19. The largest absolute Gasteiger partial charge is 0.394 e. The van der Waals surface area contributed by atoms with Gasteiger partial charge in [0.2, 0.25) is 0 Å². The maximum Gasteiger partial charge on any atom is 0.333 e. The van der Waals surface area contributed by atoms with Crippen LogP contribution in [0.3, 0.4) is 0 Å². The van der Waals surface area contributed by atoms with E-state index in [1.54, 1.807) is 4.72 Å². The van der Waals surface area contributed by atoms with E-state index < -0.39 is 41.5 Å². The number of hydrogen-bond donors (Lipinski definition) is 5. The molecule has 1 heterocycles. The summed E-state index contributed by atoms with van der Waals surface area (Å²) < 4.78 is 35.8. The second-order valence-electron chi connectivity index (χ2n) is 3.25. The second kappa shape index (κ2) is 4.70. The molecule has 0 spiro atoms. The molecule has 0 aromatic rings. The molecular formula is C6H13NO7S. The molecule has 0 aromatic heterocycles. The molecule has 8 nitrogen and oxygen atoms in total. The number of ether oxygens (including phenoxy) is 1. The molecule has 1 aliphatic heterocycles. The van der Waals surface area contributed by atoms with E-state index in [1.807, 2.05) is 0 Å². The summed E-state index contributed by atoms with van der Waals surface area (Å²) in [5, 5.41) is 27.4. The van der Waals surface area contributed by atoms with Crippen LogP contribution in [0.4, 0.5) is 0 Å². The van der Waals surface area contributed by atoms with Crippen molar-refractivity contribution in [2.75, 3.05) is 6.61 Å². The minimum atomic E-state index is -4.53. The van der Waals surface area contributed by atoms with Gasteiger partial charge in [-0.1, -0.05) is 0 Å². The first-order valence-electron chi connectivity index (χ1n) is 4.20. The maximum atomic E-state index is 10.5. The van der Waals surface area contributed by atoms with Crippen molar-refractivity contribution < 1.29 is 33.0 Å². The lowest BCUT2D eigenvalue weighted by Crippen LogP contribution is -2.57. The molecule has 1 saturated heterocycles. The fraction of sp³-hybridized carbons (Fsp3) is 1.00. The Hall–Kier alpha value is -0.290. The summed E-state index contributed by atoms with van der Waals surface area (Å²) in [7, 11) is -4.53. The number of aliphatic hydroxyl groups excluding tert-OH is 3. The van der Waals surface area contributed by atoms with Crippen molar-refractivity contribution in [3.05, 3.63) is 0 Å². The van der Waals surface area contributed by atoms with Crippen LogP contribution < -0.4 is 4.72 Å². The van der Waals surface area contributed by atoms with Crippen LogP contribution in [-0.2, 0) is 15.0 Å². The third-order valence-electron chi connectivity index (χ3n) is 2.05. The molecule has 3 unspecified atom stereocenters. The van der Waals surface area contributed by atoms with Crippen LogP contribution in [-0.4, -0.2) is 59.4 Å². The van der Waals surface area contributed by atoms with Crippen molar-refractivity contribution >= 4 is 10.3 Å². The molecule has 90 valence electrons. The first-order valence-corrected chi connectivity index (χ1v) is 5.64. The maximum absolute atomic E-state index is 10.5. The van der Waals surface area contributed by atoms with Gasteiger partial charge in [-0.15, -0.1) is 0 Å². The quantitative estimate of drug-likeness (QED) is 0.338. The van der Waals surface area contributed by atoms with Gasteiger partial charge in [0.25, 0.3) is 0 Å². The first kappa shape index (κ1) is 12.8. The van der Waals surface area contributed by atoms with Crippen LogP contribution in [0.25, 0.3) is 0 Å². The average molecular weight is 243 g/mol. The summed E-state index contributed by atoms with van der Waals surface area (Å²) in [5.41, 5.74) is 0. The number of hydrogen-bond acceptors (Lipinski definition) is 6. The first-order chi connectivity index (χ1) is 6.83. The van der Waals surface area contributed by atoms with E-state index in [0.29, 0.717) is 0 Å². The number of aliphatic hydroxyl groups is 3. The fourth-order valence-electron chi connectivity index (χ4n) is 1.37. The minimum absolute atomic E-state index is 0.0409. The fourth-order valence-corrected chi connectivity index (χ4v) is 1.99. The van der Waals surface area contributed by atoms with E-state index in [1.165, 1.54) is 0 Å². The Kier molecular flexibility index (Phi) is 4.00. The summed E-state index contributed by atoms with van der Waals surface area (Å²) in [6.45, 7) is -0.396. The van der Waals surface area contributed by atoms with E-state index in [9.17, 15) is 18.6 Å². The zero-order chi connectivity index (χ0) is 11.6. The van der Waals surface area contributed by atoms with Gasteiger partial charge in [-0.25, -0.2) is 0 Å².